The first-order chi connectivity index (χ1) is 8.90. The number of aromatic nitrogens is 1. The summed E-state index contributed by atoms with van der Waals surface area (Å²) in [7, 11) is 0. The number of aromatic carboxylic acids is 1. The van der Waals surface area contributed by atoms with E-state index >= 15 is 0 Å². The second-order valence-electron chi connectivity index (χ2n) is 4.30. The highest BCUT2D eigenvalue weighted by Gasteiger charge is 2.17. The van der Waals surface area contributed by atoms with E-state index in [9.17, 15) is 14.0 Å². The molecule has 0 aliphatic carbocycles. The molecule has 0 amide bonds. The molecule has 0 spiro atoms. The van der Waals surface area contributed by atoms with Crippen LogP contribution in [-0.2, 0) is 0 Å². The van der Waals surface area contributed by atoms with Gasteiger partial charge in [-0.3, -0.25) is 4.79 Å². The number of carboxylic acids is 1. The molecule has 19 heavy (non-hydrogen) atoms. The Balaban J connectivity index is 2.70. The van der Waals surface area contributed by atoms with Gasteiger partial charge in [0, 0.05) is 11.8 Å². The standard InChI is InChI=1S/C14H12FNO3/c1-8-3-4-11(15)12(5-8)16-7-10(9(2)17)6-13(16)14(18)19/h3-7H,1-2H3,(H,18,19). The Morgan fingerprint density at radius 1 is 1.26 bits per heavy atom. The SMILES string of the molecule is CC(=O)c1cc(C(=O)O)n(-c2cc(C)ccc2F)c1. The molecule has 0 fully saturated rings. The molecule has 4 nitrogen and oxygen atoms in total. The van der Waals surface area contributed by atoms with Crippen LogP contribution in [-0.4, -0.2) is 21.4 Å². The number of hydrogen-bond donors (Lipinski definition) is 1. The zero-order valence-corrected chi connectivity index (χ0v) is 10.5. The van der Waals surface area contributed by atoms with Crippen molar-refractivity contribution >= 4 is 11.8 Å². The van der Waals surface area contributed by atoms with Crippen LogP contribution in [0.4, 0.5) is 4.39 Å². The van der Waals surface area contributed by atoms with Gasteiger partial charge in [-0.15, -0.1) is 0 Å². The highest BCUT2D eigenvalue weighted by atomic mass is 19.1. The molecule has 98 valence electrons. The van der Waals surface area contributed by atoms with Crippen LogP contribution in [0.5, 0.6) is 0 Å². The molecule has 1 N–H and O–H groups in total. The van der Waals surface area contributed by atoms with E-state index in [1.165, 1.54) is 35.9 Å². The van der Waals surface area contributed by atoms with E-state index < -0.39 is 11.8 Å². The van der Waals surface area contributed by atoms with Crippen molar-refractivity contribution in [3.63, 3.8) is 0 Å². The van der Waals surface area contributed by atoms with Gasteiger partial charge in [0.05, 0.1) is 5.69 Å². The van der Waals surface area contributed by atoms with Crippen LogP contribution in [0.1, 0.15) is 33.3 Å². The molecule has 0 saturated carbocycles. The van der Waals surface area contributed by atoms with Crippen molar-refractivity contribution in [2.24, 2.45) is 0 Å². The van der Waals surface area contributed by atoms with Gasteiger partial charge in [-0.2, -0.15) is 0 Å². The molecule has 0 saturated heterocycles. The van der Waals surface area contributed by atoms with Gasteiger partial charge in [0.2, 0.25) is 0 Å². The van der Waals surface area contributed by atoms with Crippen molar-refractivity contribution in [1.29, 1.82) is 0 Å². The molecular formula is C14H12FNO3. The number of nitrogens with zero attached hydrogens (tertiary/aromatic N) is 1. The first-order valence-corrected chi connectivity index (χ1v) is 5.63. The van der Waals surface area contributed by atoms with Gasteiger partial charge in [0.15, 0.2) is 5.78 Å². The number of aryl methyl sites for hydroxylation is 1. The van der Waals surface area contributed by atoms with Gasteiger partial charge >= 0.3 is 5.97 Å². The number of benzene rings is 1. The molecule has 0 aliphatic rings. The Hall–Kier alpha value is -2.43. The van der Waals surface area contributed by atoms with E-state index in [0.717, 1.165) is 5.56 Å². The van der Waals surface area contributed by atoms with Crippen LogP contribution < -0.4 is 0 Å². The molecule has 0 aliphatic heterocycles. The summed E-state index contributed by atoms with van der Waals surface area (Å²) in [6.45, 7) is 3.11. The Labute approximate surface area is 109 Å². The second kappa shape index (κ2) is 4.68. The van der Waals surface area contributed by atoms with Crippen molar-refractivity contribution in [2.45, 2.75) is 13.8 Å². The molecule has 1 aromatic carbocycles. The molecule has 0 unspecified atom stereocenters. The quantitative estimate of drug-likeness (QED) is 0.864. The van der Waals surface area contributed by atoms with Crippen LogP contribution in [0, 0.1) is 12.7 Å². The minimum Gasteiger partial charge on any atom is -0.477 e. The Morgan fingerprint density at radius 3 is 2.53 bits per heavy atom. The summed E-state index contributed by atoms with van der Waals surface area (Å²) in [5, 5.41) is 9.13. The van der Waals surface area contributed by atoms with Crippen molar-refractivity contribution in [3.8, 4) is 5.69 Å². The zero-order valence-electron chi connectivity index (χ0n) is 10.5. The minimum atomic E-state index is -1.21. The number of carboxylic acid groups (broad SMARTS) is 1. The number of carbonyl (C=O) groups excluding carboxylic acids is 1. The topological polar surface area (TPSA) is 59.3 Å². The zero-order chi connectivity index (χ0) is 14.2. The van der Waals surface area contributed by atoms with Crippen molar-refractivity contribution in [3.05, 3.63) is 53.1 Å². The van der Waals surface area contributed by atoms with Gasteiger partial charge in [0.1, 0.15) is 11.5 Å². The predicted octanol–water partition coefficient (Wildman–Crippen LogP) is 2.83. The van der Waals surface area contributed by atoms with Crippen LogP contribution >= 0.6 is 0 Å². The maximum absolute atomic E-state index is 13.8. The first kappa shape index (κ1) is 13.0. The number of halogens is 1. The largest absolute Gasteiger partial charge is 0.477 e. The van der Waals surface area contributed by atoms with Gasteiger partial charge in [-0.05, 0) is 37.6 Å². The van der Waals surface area contributed by atoms with Crippen LogP contribution in [0.2, 0.25) is 0 Å². The summed E-state index contributed by atoms with van der Waals surface area (Å²) in [6, 6.07) is 5.64. The first-order valence-electron chi connectivity index (χ1n) is 5.63. The molecule has 2 rings (SSSR count). The summed E-state index contributed by atoms with van der Waals surface area (Å²) < 4.78 is 15.0. The van der Waals surface area contributed by atoms with E-state index in [1.807, 2.05) is 0 Å². The Kier molecular flexibility index (Phi) is 3.21. The van der Waals surface area contributed by atoms with Crippen LogP contribution in [0.25, 0.3) is 5.69 Å². The molecule has 2 aromatic rings. The van der Waals surface area contributed by atoms with E-state index in [1.54, 1.807) is 13.0 Å². The summed E-state index contributed by atoms with van der Waals surface area (Å²) in [5.74, 6) is -2.03. The average molecular weight is 261 g/mol. The molecule has 0 bridgehead atoms. The number of carbonyl (C=O) groups is 2. The molecule has 1 aromatic heterocycles. The Morgan fingerprint density at radius 2 is 1.95 bits per heavy atom. The van der Waals surface area contributed by atoms with Crippen LogP contribution in [0.15, 0.2) is 30.5 Å². The highest BCUT2D eigenvalue weighted by Crippen LogP contribution is 2.20. The van der Waals surface area contributed by atoms with Gasteiger partial charge in [-0.25, -0.2) is 9.18 Å². The molecule has 1 heterocycles. The molecular weight excluding hydrogens is 249 g/mol. The van der Waals surface area contributed by atoms with Crippen molar-refractivity contribution < 1.29 is 19.1 Å². The van der Waals surface area contributed by atoms with E-state index in [4.69, 9.17) is 5.11 Å². The van der Waals surface area contributed by atoms with Gasteiger partial charge in [0.25, 0.3) is 0 Å². The summed E-state index contributed by atoms with van der Waals surface area (Å²) in [5.41, 5.74) is 1.00. The molecule has 5 heteroatoms. The lowest BCUT2D eigenvalue weighted by Gasteiger charge is -2.08. The normalized spacial score (nSPS) is 10.5. The third-order valence-corrected chi connectivity index (χ3v) is 2.81. The molecule has 0 atom stereocenters. The average Bonchev–Trinajstić information content (AvgIpc) is 2.77. The summed E-state index contributed by atoms with van der Waals surface area (Å²) in [4.78, 5) is 22.5. The maximum Gasteiger partial charge on any atom is 0.352 e. The number of rotatable bonds is 3. The predicted molar refractivity (Wildman–Crippen MR) is 67.4 cm³/mol. The fourth-order valence-corrected chi connectivity index (χ4v) is 1.83. The van der Waals surface area contributed by atoms with Crippen LogP contribution in [0.3, 0.4) is 0 Å². The van der Waals surface area contributed by atoms with E-state index in [2.05, 4.69) is 0 Å². The van der Waals surface area contributed by atoms with E-state index in [-0.39, 0.29) is 22.7 Å². The lowest BCUT2D eigenvalue weighted by Crippen LogP contribution is -2.07. The fraction of sp³-hybridized carbons (Fsp3) is 0.143. The lowest BCUT2D eigenvalue weighted by molar-refractivity contribution is 0.0688. The lowest BCUT2D eigenvalue weighted by atomic mass is 10.2. The fourth-order valence-electron chi connectivity index (χ4n) is 1.83. The number of hydrogen-bond acceptors (Lipinski definition) is 2. The van der Waals surface area contributed by atoms with Gasteiger partial charge in [-0.1, -0.05) is 6.07 Å². The minimum absolute atomic E-state index is 0.116. The monoisotopic (exact) mass is 261 g/mol. The summed E-state index contributed by atoms with van der Waals surface area (Å²) >= 11 is 0. The third kappa shape index (κ3) is 2.40. The van der Waals surface area contributed by atoms with E-state index in [0.29, 0.717) is 0 Å². The smallest absolute Gasteiger partial charge is 0.352 e. The van der Waals surface area contributed by atoms with Crippen molar-refractivity contribution in [1.82, 2.24) is 4.57 Å². The van der Waals surface area contributed by atoms with Crippen molar-refractivity contribution in [2.75, 3.05) is 0 Å². The molecule has 0 radical (unpaired) electrons. The number of ketones is 1. The number of Topliss-reactive ketones (excluding diaryl/α,β-unsaturated/α-hetero) is 1. The highest BCUT2D eigenvalue weighted by molar-refractivity contribution is 5.97. The summed E-state index contributed by atoms with van der Waals surface area (Å²) in [6.07, 6.45) is 1.34. The third-order valence-electron chi connectivity index (χ3n) is 2.81. The second-order valence-corrected chi connectivity index (χ2v) is 4.30. The van der Waals surface area contributed by atoms with Gasteiger partial charge < -0.3 is 9.67 Å². The maximum atomic E-state index is 13.8. The Bertz CT molecular complexity index is 673.